The van der Waals surface area contributed by atoms with Gasteiger partial charge in [-0.25, -0.2) is 4.79 Å². The zero-order valence-electron chi connectivity index (χ0n) is 11.0. The van der Waals surface area contributed by atoms with Crippen molar-refractivity contribution in [3.63, 3.8) is 0 Å². The van der Waals surface area contributed by atoms with Crippen LogP contribution in [0.3, 0.4) is 0 Å². The molecule has 18 heavy (non-hydrogen) atoms. The van der Waals surface area contributed by atoms with Crippen LogP contribution in [0.4, 0.5) is 4.79 Å². The summed E-state index contributed by atoms with van der Waals surface area (Å²) >= 11 is 1.71. The van der Waals surface area contributed by atoms with Gasteiger partial charge in [-0.05, 0) is 24.5 Å². The monoisotopic (exact) mass is 265 g/mol. The molecule has 0 fully saturated rings. The van der Waals surface area contributed by atoms with Crippen molar-refractivity contribution >= 4 is 23.2 Å². The number of thiophene rings is 1. The summed E-state index contributed by atoms with van der Waals surface area (Å²) in [4.78, 5) is 19.9. The van der Waals surface area contributed by atoms with Crippen LogP contribution in [0.15, 0.2) is 17.1 Å². The highest BCUT2D eigenvalue weighted by molar-refractivity contribution is 7.12. The Morgan fingerprint density at radius 2 is 2.22 bits per heavy atom. The third-order valence-corrected chi connectivity index (χ3v) is 4.21. The maximum atomic E-state index is 11.8. The molecule has 1 aromatic rings. The van der Waals surface area contributed by atoms with Gasteiger partial charge >= 0.3 is 6.03 Å². The second kappa shape index (κ2) is 5.10. The number of nitrogens with zero attached hydrogens (tertiary/aromatic N) is 2. The highest BCUT2D eigenvalue weighted by Gasteiger charge is 2.35. The zero-order valence-corrected chi connectivity index (χ0v) is 11.8. The van der Waals surface area contributed by atoms with Crippen LogP contribution in [0.5, 0.6) is 0 Å². The number of aliphatic imine (C=N–C) groups is 1. The second-order valence-corrected chi connectivity index (χ2v) is 6.13. The number of hydrogen-bond donors (Lipinski definition) is 1. The van der Waals surface area contributed by atoms with Crippen molar-refractivity contribution in [1.82, 2.24) is 4.90 Å². The number of hydrogen-bond acceptors (Lipinski definition) is 3. The number of nitrogens with two attached hydrogens (primary N) is 1. The first-order valence-electron chi connectivity index (χ1n) is 6.26. The smallest absolute Gasteiger partial charge is 0.346 e. The van der Waals surface area contributed by atoms with Gasteiger partial charge in [0.15, 0.2) is 0 Å². The van der Waals surface area contributed by atoms with E-state index in [0.29, 0.717) is 18.3 Å². The SMILES string of the molecule is CCc1ccc(C2C(N)=NC(=O)N2CC(C)C)s1. The van der Waals surface area contributed by atoms with E-state index in [1.807, 2.05) is 0 Å². The fourth-order valence-electron chi connectivity index (χ4n) is 2.11. The molecule has 1 aromatic heterocycles. The van der Waals surface area contributed by atoms with Gasteiger partial charge < -0.3 is 10.6 Å². The average molecular weight is 265 g/mol. The molecule has 0 spiro atoms. The normalized spacial score (nSPS) is 19.8. The maximum Gasteiger partial charge on any atom is 0.346 e. The molecule has 1 aliphatic rings. The van der Waals surface area contributed by atoms with Crippen LogP contribution in [-0.4, -0.2) is 23.3 Å². The summed E-state index contributed by atoms with van der Waals surface area (Å²) in [5.74, 6) is 0.827. The molecule has 5 heteroatoms. The number of amides is 2. The Kier molecular flexibility index (Phi) is 3.71. The summed E-state index contributed by atoms with van der Waals surface area (Å²) in [5.41, 5.74) is 5.91. The topological polar surface area (TPSA) is 58.7 Å². The summed E-state index contributed by atoms with van der Waals surface area (Å²) in [6.45, 7) is 6.99. The average Bonchev–Trinajstić information content (AvgIpc) is 2.84. The van der Waals surface area contributed by atoms with E-state index in [1.54, 1.807) is 16.2 Å². The minimum atomic E-state index is -0.211. The van der Waals surface area contributed by atoms with Crippen molar-refractivity contribution in [2.24, 2.45) is 16.6 Å². The van der Waals surface area contributed by atoms with Crippen molar-refractivity contribution in [3.8, 4) is 0 Å². The van der Waals surface area contributed by atoms with E-state index in [2.05, 4.69) is 37.9 Å². The quantitative estimate of drug-likeness (QED) is 0.910. The summed E-state index contributed by atoms with van der Waals surface area (Å²) in [6.07, 6.45) is 1.01. The molecule has 0 aromatic carbocycles. The molecule has 1 unspecified atom stereocenters. The lowest BCUT2D eigenvalue weighted by atomic mass is 10.1. The Morgan fingerprint density at radius 3 is 2.78 bits per heavy atom. The molecule has 2 amide bonds. The Labute approximate surface area is 112 Å². The van der Waals surface area contributed by atoms with Crippen LogP contribution >= 0.6 is 11.3 Å². The summed E-state index contributed by atoms with van der Waals surface area (Å²) in [6, 6.07) is 3.79. The second-order valence-electron chi connectivity index (χ2n) is 4.93. The lowest BCUT2D eigenvalue weighted by Gasteiger charge is -2.24. The van der Waals surface area contributed by atoms with Crippen LogP contribution in [0.1, 0.15) is 36.6 Å². The molecule has 0 saturated heterocycles. The summed E-state index contributed by atoms with van der Waals surface area (Å²) in [7, 11) is 0. The van der Waals surface area contributed by atoms with Gasteiger partial charge in [-0.3, -0.25) is 0 Å². The van der Waals surface area contributed by atoms with Gasteiger partial charge in [0.25, 0.3) is 0 Å². The minimum absolute atomic E-state index is 0.162. The molecule has 98 valence electrons. The van der Waals surface area contributed by atoms with Gasteiger partial charge in [0, 0.05) is 16.3 Å². The van der Waals surface area contributed by atoms with Gasteiger partial charge in [0.1, 0.15) is 11.9 Å². The van der Waals surface area contributed by atoms with Gasteiger partial charge in [-0.1, -0.05) is 20.8 Å². The molecule has 2 N–H and O–H groups in total. The molecule has 0 bridgehead atoms. The lowest BCUT2D eigenvalue weighted by Crippen LogP contribution is -2.35. The molecule has 1 aliphatic heterocycles. The number of rotatable bonds is 4. The number of carbonyl (C=O) groups is 1. The van der Waals surface area contributed by atoms with E-state index in [1.165, 1.54) is 4.88 Å². The highest BCUT2D eigenvalue weighted by atomic mass is 32.1. The Bertz CT molecular complexity index is 478. The largest absolute Gasteiger partial charge is 0.385 e. The summed E-state index contributed by atoms with van der Waals surface area (Å²) < 4.78 is 0. The Hall–Kier alpha value is -1.36. The molecule has 2 heterocycles. The van der Waals surface area contributed by atoms with Crippen molar-refractivity contribution in [2.45, 2.75) is 33.2 Å². The van der Waals surface area contributed by atoms with Crippen molar-refractivity contribution in [2.75, 3.05) is 6.54 Å². The number of carbonyl (C=O) groups excluding carboxylic acids is 1. The van der Waals surface area contributed by atoms with Gasteiger partial charge in [-0.2, -0.15) is 4.99 Å². The van der Waals surface area contributed by atoms with Gasteiger partial charge in [0.2, 0.25) is 0 Å². The fourth-order valence-corrected chi connectivity index (χ4v) is 3.19. The molecule has 0 aliphatic carbocycles. The molecule has 0 saturated carbocycles. The van der Waals surface area contributed by atoms with E-state index in [4.69, 9.17) is 5.73 Å². The van der Waals surface area contributed by atoms with E-state index in [9.17, 15) is 4.79 Å². The third-order valence-electron chi connectivity index (χ3n) is 2.92. The Morgan fingerprint density at radius 1 is 1.50 bits per heavy atom. The van der Waals surface area contributed by atoms with Crippen molar-refractivity contribution < 1.29 is 4.79 Å². The maximum absolute atomic E-state index is 11.8. The zero-order chi connectivity index (χ0) is 13.3. The summed E-state index contributed by atoms with van der Waals surface area (Å²) in [5, 5.41) is 0. The number of urea groups is 1. The van der Waals surface area contributed by atoms with E-state index < -0.39 is 0 Å². The molecular weight excluding hydrogens is 246 g/mol. The van der Waals surface area contributed by atoms with Crippen molar-refractivity contribution in [3.05, 3.63) is 21.9 Å². The molecule has 2 rings (SSSR count). The molecular formula is C13H19N3OS. The lowest BCUT2D eigenvalue weighted by molar-refractivity contribution is 0.199. The minimum Gasteiger partial charge on any atom is -0.385 e. The van der Waals surface area contributed by atoms with Gasteiger partial charge in [0.05, 0.1) is 0 Å². The standard InChI is InChI=1S/C13H19N3OS/c1-4-9-5-6-10(18-9)11-12(14)15-13(17)16(11)7-8(2)3/h5-6,8,11H,4,7H2,1-3H3,(H2,14,15,17). The van der Waals surface area contributed by atoms with Crippen LogP contribution in [-0.2, 0) is 6.42 Å². The third kappa shape index (κ3) is 2.41. The molecule has 1 atom stereocenters. The number of aryl methyl sites for hydroxylation is 1. The highest BCUT2D eigenvalue weighted by Crippen LogP contribution is 2.32. The van der Waals surface area contributed by atoms with E-state index >= 15 is 0 Å². The van der Waals surface area contributed by atoms with Gasteiger partial charge in [-0.15, -0.1) is 11.3 Å². The van der Waals surface area contributed by atoms with Crippen LogP contribution in [0.25, 0.3) is 0 Å². The fraction of sp³-hybridized carbons (Fsp3) is 0.538. The van der Waals surface area contributed by atoms with E-state index in [0.717, 1.165) is 11.3 Å². The van der Waals surface area contributed by atoms with Crippen molar-refractivity contribution in [1.29, 1.82) is 0 Å². The first-order valence-corrected chi connectivity index (χ1v) is 7.07. The predicted molar refractivity (Wildman–Crippen MR) is 75.0 cm³/mol. The first-order chi connectivity index (χ1) is 8.52. The first kappa shape index (κ1) is 13.1. The molecule has 4 nitrogen and oxygen atoms in total. The van der Waals surface area contributed by atoms with Crippen LogP contribution in [0, 0.1) is 5.92 Å². The van der Waals surface area contributed by atoms with Crippen LogP contribution in [0.2, 0.25) is 0 Å². The predicted octanol–water partition coefficient (Wildman–Crippen LogP) is 2.80. The van der Waals surface area contributed by atoms with Crippen LogP contribution < -0.4 is 5.73 Å². The Balaban J connectivity index is 2.27. The number of amidine groups is 1. The van der Waals surface area contributed by atoms with E-state index in [-0.39, 0.29) is 12.1 Å². The molecule has 0 radical (unpaired) electrons.